The molecule has 19 heavy (non-hydrogen) atoms. The van der Waals surface area contributed by atoms with Gasteiger partial charge in [0.25, 0.3) is 0 Å². The predicted molar refractivity (Wildman–Crippen MR) is 65.3 cm³/mol. The molecule has 0 radical (unpaired) electrons. The van der Waals surface area contributed by atoms with Gasteiger partial charge in [-0.25, -0.2) is 4.39 Å². The van der Waals surface area contributed by atoms with E-state index in [4.69, 9.17) is 17.3 Å². The van der Waals surface area contributed by atoms with E-state index >= 15 is 0 Å². The average molecular weight is 296 g/mol. The van der Waals surface area contributed by atoms with Gasteiger partial charge in [-0.3, -0.25) is 0 Å². The highest BCUT2D eigenvalue weighted by Crippen LogP contribution is 2.42. The molecule has 1 nitrogen and oxygen atoms in total. The summed E-state index contributed by atoms with van der Waals surface area (Å²) in [6.07, 6.45) is -1.34. The zero-order chi connectivity index (χ0) is 14.2. The van der Waals surface area contributed by atoms with Gasteiger partial charge in [0.05, 0.1) is 10.6 Å². The lowest BCUT2D eigenvalue weighted by molar-refractivity contribution is -0.138. The van der Waals surface area contributed by atoms with Gasteiger partial charge in [0.2, 0.25) is 0 Å². The van der Waals surface area contributed by atoms with Gasteiger partial charge in [0, 0.05) is 11.6 Å². The third-order valence-electron chi connectivity index (χ3n) is 3.68. The first-order chi connectivity index (χ1) is 8.82. The summed E-state index contributed by atoms with van der Waals surface area (Å²) in [7, 11) is 0. The van der Waals surface area contributed by atoms with E-state index in [1.807, 2.05) is 0 Å². The van der Waals surface area contributed by atoms with E-state index in [9.17, 15) is 17.6 Å². The second-order valence-corrected chi connectivity index (χ2v) is 5.30. The fourth-order valence-corrected chi connectivity index (χ4v) is 2.86. The van der Waals surface area contributed by atoms with Crippen LogP contribution in [0.5, 0.6) is 0 Å². The molecule has 1 aromatic carbocycles. The van der Waals surface area contributed by atoms with Crippen LogP contribution in [0.2, 0.25) is 5.02 Å². The minimum Gasteiger partial charge on any atom is -0.324 e. The highest BCUT2D eigenvalue weighted by Gasteiger charge is 2.38. The number of hydrogen-bond acceptors (Lipinski definition) is 1. The van der Waals surface area contributed by atoms with Crippen molar-refractivity contribution >= 4 is 11.6 Å². The quantitative estimate of drug-likeness (QED) is 0.787. The molecule has 0 amide bonds. The second kappa shape index (κ2) is 5.29. The molecule has 1 aliphatic rings. The van der Waals surface area contributed by atoms with Crippen LogP contribution in [0, 0.1) is 11.7 Å². The third kappa shape index (κ3) is 2.87. The number of rotatable bonds is 2. The maximum absolute atomic E-state index is 14.0. The Bertz CT molecular complexity index is 466. The Morgan fingerprint density at radius 2 is 1.79 bits per heavy atom. The van der Waals surface area contributed by atoms with Crippen LogP contribution in [0.1, 0.15) is 42.9 Å². The van der Waals surface area contributed by atoms with Crippen molar-refractivity contribution in [3.8, 4) is 0 Å². The van der Waals surface area contributed by atoms with Gasteiger partial charge in [-0.05, 0) is 30.9 Å². The van der Waals surface area contributed by atoms with E-state index in [0.717, 1.165) is 37.8 Å². The molecule has 0 saturated heterocycles. The summed E-state index contributed by atoms with van der Waals surface area (Å²) in [5, 5.41) is -0.323. The van der Waals surface area contributed by atoms with Crippen molar-refractivity contribution in [2.75, 3.05) is 0 Å². The van der Waals surface area contributed by atoms with Crippen molar-refractivity contribution in [1.82, 2.24) is 0 Å². The highest BCUT2D eigenvalue weighted by atomic mass is 35.5. The molecule has 6 heteroatoms. The molecule has 0 aliphatic heterocycles. The van der Waals surface area contributed by atoms with Crippen molar-refractivity contribution in [1.29, 1.82) is 0 Å². The number of hydrogen-bond donors (Lipinski definition) is 1. The Kier molecular flexibility index (Phi) is 4.06. The first-order valence-electron chi connectivity index (χ1n) is 6.13. The van der Waals surface area contributed by atoms with E-state index in [2.05, 4.69) is 0 Å². The number of benzene rings is 1. The van der Waals surface area contributed by atoms with Gasteiger partial charge in [0.15, 0.2) is 0 Å². The Hall–Kier alpha value is -0.810. The molecule has 2 N–H and O–H groups in total. The molecule has 1 atom stereocenters. The van der Waals surface area contributed by atoms with Crippen LogP contribution in [0.15, 0.2) is 12.1 Å². The molecule has 0 spiro atoms. The first-order valence-corrected chi connectivity index (χ1v) is 6.51. The molecule has 106 valence electrons. The summed E-state index contributed by atoms with van der Waals surface area (Å²) >= 11 is 5.59. The second-order valence-electron chi connectivity index (χ2n) is 4.89. The molecule has 1 saturated carbocycles. The Balaban J connectivity index is 2.49. The van der Waals surface area contributed by atoms with Crippen molar-refractivity contribution < 1.29 is 17.6 Å². The van der Waals surface area contributed by atoms with Crippen LogP contribution in [-0.2, 0) is 6.18 Å². The van der Waals surface area contributed by atoms with Gasteiger partial charge < -0.3 is 5.73 Å². The molecule has 1 aliphatic carbocycles. The van der Waals surface area contributed by atoms with E-state index in [1.165, 1.54) is 0 Å². The molecule has 1 aromatic rings. The summed E-state index contributed by atoms with van der Waals surface area (Å²) in [6, 6.07) is 0.762. The monoisotopic (exact) mass is 295 g/mol. The van der Waals surface area contributed by atoms with Crippen molar-refractivity contribution in [3.05, 3.63) is 34.1 Å². The summed E-state index contributed by atoms with van der Waals surface area (Å²) in [5.41, 5.74) is 4.36. The average Bonchev–Trinajstić information content (AvgIpc) is 2.83. The SMILES string of the molecule is N[C@H](c1c(C(F)(F)F)ccc(Cl)c1F)C1CCCC1. The van der Waals surface area contributed by atoms with E-state index in [0.29, 0.717) is 0 Å². The van der Waals surface area contributed by atoms with Crippen molar-refractivity contribution in [2.24, 2.45) is 11.7 Å². The van der Waals surface area contributed by atoms with Gasteiger partial charge >= 0.3 is 6.18 Å². The molecule has 0 unspecified atom stereocenters. The van der Waals surface area contributed by atoms with Crippen LogP contribution in [0.3, 0.4) is 0 Å². The van der Waals surface area contributed by atoms with Crippen molar-refractivity contribution in [3.63, 3.8) is 0 Å². The van der Waals surface area contributed by atoms with Crippen LogP contribution in [-0.4, -0.2) is 0 Å². The third-order valence-corrected chi connectivity index (χ3v) is 3.97. The molecule has 0 bridgehead atoms. The van der Waals surface area contributed by atoms with E-state index < -0.39 is 29.2 Å². The summed E-state index contributed by atoms with van der Waals surface area (Å²) in [4.78, 5) is 0. The number of nitrogens with two attached hydrogens (primary N) is 1. The summed E-state index contributed by atoms with van der Waals surface area (Å²) < 4.78 is 52.8. The van der Waals surface area contributed by atoms with Gasteiger partial charge in [-0.2, -0.15) is 13.2 Å². The normalized spacial score (nSPS) is 18.8. The zero-order valence-corrected chi connectivity index (χ0v) is 10.9. The molecule has 1 fully saturated rings. The van der Waals surface area contributed by atoms with Crippen LogP contribution in [0.4, 0.5) is 17.6 Å². The van der Waals surface area contributed by atoms with Gasteiger partial charge in [0.1, 0.15) is 5.82 Å². The zero-order valence-electron chi connectivity index (χ0n) is 10.1. The van der Waals surface area contributed by atoms with Gasteiger partial charge in [-0.1, -0.05) is 24.4 Å². The van der Waals surface area contributed by atoms with Crippen molar-refractivity contribution in [2.45, 2.75) is 37.9 Å². The minimum absolute atomic E-state index is 0.117. The Morgan fingerprint density at radius 1 is 1.21 bits per heavy atom. The molecule has 0 aromatic heterocycles. The fraction of sp³-hybridized carbons (Fsp3) is 0.538. The maximum Gasteiger partial charge on any atom is 0.416 e. The molecular formula is C13H14ClF4N. The van der Waals surface area contributed by atoms with Crippen LogP contribution in [0.25, 0.3) is 0 Å². The topological polar surface area (TPSA) is 26.0 Å². The highest BCUT2D eigenvalue weighted by molar-refractivity contribution is 6.30. The number of alkyl halides is 3. The van der Waals surface area contributed by atoms with E-state index in [1.54, 1.807) is 0 Å². The fourth-order valence-electron chi connectivity index (χ4n) is 2.69. The molecular weight excluding hydrogens is 282 g/mol. The summed E-state index contributed by atoms with van der Waals surface area (Å²) in [5.74, 6) is -1.16. The first kappa shape index (κ1) is 14.6. The number of halogens is 5. The van der Waals surface area contributed by atoms with Crippen LogP contribution < -0.4 is 5.73 Å². The van der Waals surface area contributed by atoms with Gasteiger partial charge in [-0.15, -0.1) is 0 Å². The minimum atomic E-state index is -4.63. The van der Waals surface area contributed by atoms with E-state index in [-0.39, 0.29) is 10.9 Å². The standard InChI is InChI=1S/C13H14ClF4N/c14-9-6-5-8(13(16,17)18)10(11(9)15)12(19)7-3-1-2-4-7/h5-7,12H,1-4,19H2/t12-/m0/s1. The lowest BCUT2D eigenvalue weighted by atomic mass is 9.89. The summed E-state index contributed by atoms with van der Waals surface area (Å²) in [6.45, 7) is 0. The Labute approximate surface area is 113 Å². The lowest BCUT2D eigenvalue weighted by Crippen LogP contribution is -2.25. The lowest BCUT2D eigenvalue weighted by Gasteiger charge is -2.24. The predicted octanol–water partition coefficient (Wildman–Crippen LogP) is 4.69. The largest absolute Gasteiger partial charge is 0.416 e. The smallest absolute Gasteiger partial charge is 0.324 e. The van der Waals surface area contributed by atoms with Crippen LogP contribution >= 0.6 is 11.6 Å². The molecule has 0 heterocycles. The Morgan fingerprint density at radius 3 is 2.32 bits per heavy atom. The molecule has 2 rings (SSSR count). The maximum atomic E-state index is 14.0.